The maximum atomic E-state index is 12.9. The fraction of sp³-hybridized carbons (Fsp3) is 0.600. The SMILES string of the molecule is COC[C@@]12CCN(C(=O)Nc3cc(OC)ccc3OC)C[C@@H]1CN(C(C)=O)C2. The summed E-state index contributed by atoms with van der Waals surface area (Å²) in [5.74, 6) is 1.48. The molecular weight excluding hydrogens is 362 g/mol. The van der Waals surface area contributed by atoms with Crippen molar-refractivity contribution in [1.82, 2.24) is 9.80 Å². The second-order valence-corrected chi connectivity index (χ2v) is 7.58. The lowest BCUT2D eigenvalue weighted by Crippen LogP contribution is -2.51. The van der Waals surface area contributed by atoms with Crippen LogP contribution in [-0.4, -0.2) is 75.9 Å². The molecule has 8 nitrogen and oxygen atoms in total. The summed E-state index contributed by atoms with van der Waals surface area (Å²) >= 11 is 0. The van der Waals surface area contributed by atoms with Gasteiger partial charge in [-0.1, -0.05) is 0 Å². The summed E-state index contributed by atoms with van der Waals surface area (Å²) in [6.45, 7) is 4.75. The number of fused-ring (bicyclic) bond motifs is 1. The minimum atomic E-state index is -0.182. The molecule has 2 fully saturated rings. The van der Waals surface area contributed by atoms with Crippen LogP contribution in [0.25, 0.3) is 0 Å². The van der Waals surface area contributed by atoms with Crippen LogP contribution >= 0.6 is 0 Å². The Hall–Kier alpha value is -2.48. The van der Waals surface area contributed by atoms with Crippen molar-refractivity contribution in [3.05, 3.63) is 18.2 Å². The Morgan fingerprint density at radius 3 is 2.57 bits per heavy atom. The van der Waals surface area contributed by atoms with Gasteiger partial charge in [-0.25, -0.2) is 4.79 Å². The van der Waals surface area contributed by atoms with Gasteiger partial charge in [-0.3, -0.25) is 4.79 Å². The largest absolute Gasteiger partial charge is 0.497 e. The average molecular weight is 391 g/mol. The number of carbonyl (C=O) groups is 2. The Morgan fingerprint density at radius 2 is 1.93 bits per heavy atom. The molecule has 2 heterocycles. The number of likely N-dealkylation sites (tertiary alicyclic amines) is 2. The summed E-state index contributed by atoms with van der Waals surface area (Å²) in [4.78, 5) is 28.5. The minimum absolute atomic E-state index is 0.0713. The van der Waals surface area contributed by atoms with E-state index in [0.29, 0.717) is 50.0 Å². The number of nitrogens with one attached hydrogen (secondary N) is 1. The molecule has 0 radical (unpaired) electrons. The first-order chi connectivity index (χ1) is 13.4. The number of ether oxygens (including phenoxy) is 3. The number of methoxy groups -OCH3 is 3. The van der Waals surface area contributed by atoms with Crippen molar-refractivity contribution >= 4 is 17.6 Å². The summed E-state index contributed by atoms with van der Waals surface area (Å²) in [7, 11) is 4.83. The van der Waals surface area contributed by atoms with Crippen molar-refractivity contribution in [2.24, 2.45) is 11.3 Å². The van der Waals surface area contributed by atoms with Gasteiger partial charge in [-0.05, 0) is 18.6 Å². The van der Waals surface area contributed by atoms with E-state index >= 15 is 0 Å². The first-order valence-corrected chi connectivity index (χ1v) is 9.45. The van der Waals surface area contributed by atoms with E-state index in [-0.39, 0.29) is 23.3 Å². The molecule has 154 valence electrons. The molecule has 2 aliphatic heterocycles. The number of piperidine rings is 1. The van der Waals surface area contributed by atoms with Gasteiger partial charge in [0.15, 0.2) is 0 Å². The topological polar surface area (TPSA) is 80.3 Å². The van der Waals surface area contributed by atoms with Crippen LogP contribution in [0, 0.1) is 11.3 Å². The Labute approximate surface area is 165 Å². The third kappa shape index (κ3) is 3.87. The molecule has 2 saturated heterocycles. The van der Waals surface area contributed by atoms with Crippen molar-refractivity contribution in [3.8, 4) is 11.5 Å². The first kappa shape index (κ1) is 20.3. The molecule has 0 unspecified atom stereocenters. The molecule has 1 aromatic carbocycles. The lowest BCUT2D eigenvalue weighted by Gasteiger charge is -2.42. The number of rotatable bonds is 5. The van der Waals surface area contributed by atoms with Crippen LogP contribution < -0.4 is 14.8 Å². The smallest absolute Gasteiger partial charge is 0.321 e. The van der Waals surface area contributed by atoms with E-state index in [4.69, 9.17) is 14.2 Å². The molecule has 0 saturated carbocycles. The predicted molar refractivity (Wildman–Crippen MR) is 105 cm³/mol. The second-order valence-electron chi connectivity index (χ2n) is 7.58. The first-order valence-electron chi connectivity index (χ1n) is 9.45. The van der Waals surface area contributed by atoms with Crippen LogP contribution in [0.5, 0.6) is 11.5 Å². The molecule has 3 rings (SSSR count). The van der Waals surface area contributed by atoms with E-state index < -0.39 is 0 Å². The number of hydrogen-bond donors (Lipinski definition) is 1. The number of nitrogens with zero attached hydrogens (tertiary/aromatic N) is 2. The lowest BCUT2D eigenvalue weighted by molar-refractivity contribution is -0.128. The Bertz CT molecular complexity index is 741. The quantitative estimate of drug-likeness (QED) is 0.831. The normalized spacial score (nSPS) is 23.9. The number of benzene rings is 1. The van der Waals surface area contributed by atoms with Crippen LogP contribution in [0.2, 0.25) is 0 Å². The zero-order valence-electron chi connectivity index (χ0n) is 17.0. The van der Waals surface area contributed by atoms with Crippen LogP contribution in [0.4, 0.5) is 10.5 Å². The highest BCUT2D eigenvalue weighted by molar-refractivity contribution is 5.91. The number of anilines is 1. The molecule has 0 aliphatic carbocycles. The van der Waals surface area contributed by atoms with E-state index in [2.05, 4.69) is 5.32 Å². The zero-order chi connectivity index (χ0) is 20.3. The Balaban J connectivity index is 1.72. The summed E-state index contributed by atoms with van der Waals surface area (Å²) in [5.41, 5.74) is 0.488. The van der Waals surface area contributed by atoms with Gasteiger partial charge in [-0.2, -0.15) is 0 Å². The molecule has 8 heteroatoms. The van der Waals surface area contributed by atoms with E-state index in [9.17, 15) is 9.59 Å². The van der Waals surface area contributed by atoms with E-state index in [1.54, 1.807) is 51.4 Å². The Kier molecular flexibility index (Phi) is 5.98. The van der Waals surface area contributed by atoms with E-state index in [1.165, 1.54) is 0 Å². The number of carbonyl (C=O) groups excluding carboxylic acids is 2. The van der Waals surface area contributed by atoms with E-state index in [0.717, 1.165) is 6.42 Å². The lowest BCUT2D eigenvalue weighted by atomic mass is 9.73. The maximum Gasteiger partial charge on any atom is 0.321 e. The van der Waals surface area contributed by atoms with Crippen LogP contribution in [0.3, 0.4) is 0 Å². The highest BCUT2D eigenvalue weighted by Gasteiger charge is 2.50. The van der Waals surface area contributed by atoms with Crippen molar-refractivity contribution in [1.29, 1.82) is 0 Å². The van der Waals surface area contributed by atoms with Gasteiger partial charge in [0.25, 0.3) is 0 Å². The zero-order valence-corrected chi connectivity index (χ0v) is 17.0. The summed E-state index contributed by atoms with van der Waals surface area (Å²) in [6, 6.07) is 5.10. The molecule has 0 spiro atoms. The monoisotopic (exact) mass is 391 g/mol. The van der Waals surface area contributed by atoms with Crippen molar-refractivity contribution in [3.63, 3.8) is 0 Å². The van der Waals surface area contributed by atoms with Crippen molar-refractivity contribution in [2.45, 2.75) is 13.3 Å². The fourth-order valence-corrected chi connectivity index (χ4v) is 4.34. The van der Waals surface area contributed by atoms with E-state index in [1.807, 2.05) is 4.90 Å². The molecule has 3 amide bonds. The standard InChI is InChI=1S/C20H29N3O5/c1-14(24)23-11-15-10-22(8-7-20(15,12-23)13-26-2)19(25)21-17-9-16(27-3)5-6-18(17)28-4/h5-6,9,15H,7-8,10-13H2,1-4H3,(H,21,25)/t15-,20+/m1/s1. The van der Waals surface area contributed by atoms with Gasteiger partial charge in [-0.15, -0.1) is 0 Å². The molecule has 1 N–H and O–H groups in total. The Morgan fingerprint density at radius 1 is 1.18 bits per heavy atom. The minimum Gasteiger partial charge on any atom is -0.497 e. The van der Waals surface area contributed by atoms with Crippen LogP contribution in [-0.2, 0) is 9.53 Å². The summed E-state index contributed by atoms with van der Waals surface area (Å²) in [6.07, 6.45) is 0.804. The molecule has 1 aromatic rings. The van der Waals surface area contributed by atoms with Gasteiger partial charge < -0.3 is 29.3 Å². The highest BCUT2D eigenvalue weighted by Crippen LogP contribution is 2.43. The second kappa shape index (κ2) is 8.26. The fourth-order valence-electron chi connectivity index (χ4n) is 4.34. The van der Waals surface area contributed by atoms with Gasteiger partial charge in [0.2, 0.25) is 5.91 Å². The predicted octanol–water partition coefficient (Wildman–Crippen LogP) is 2.05. The number of hydrogen-bond acceptors (Lipinski definition) is 5. The molecular formula is C20H29N3O5. The third-order valence-corrected chi connectivity index (χ3v) is 5.95. The third-order valence-electron chi connectivity index (χ3n) is 5.95. The molecule has 2 aliphatic rings. The molecule has 0 aromatic heterocycles. The average Bonchev–Trinajstić information content (AvgIpc) is 3.07. The van der Waals surface area contributed by atoms with Gasteiger partial charge >= 0.3 is 6.03 Å². The highest BCUT2D eigenvalue weighted by atomic mass is 16.5. The molecule has 0 bridgehead atoms. The van der Waals surface area contributed by atoms with Gasteiger partial charge in [0.05, 0.1) is 26.5 Å². The van der Waals surface area contributed by atoms with Crippen LogP contribution in [0.15, 0.2) is 18.2 Å². The maximum absolute atomic E-state index is 12.9. The molecule has 28 heavy (non-hydrogen) atoms. The van der Waals surface area contributed by atoms with Crippen LogP contribution in [0.1, 0.15) is 13.3 Å². The van der Waals surface area contributed by atoms with Crippen molar-refractivity contribution < 1.29 is 23.8 Å². The summed E-state index contributed by atoms with van der Waals surface area (Å²) < 4.78 is 16.1. The van der Waals surface area contributed by atoms with Gasteiger partial charge in [0, 0.05) is 57.6 Å². The van der Waals surface area contributed by atoms with Crippen molar-refractivity contribution in [2.75, 3.05) is 59.4 Å². The number of urea groups is 1. The summed E-state index contributed by atoms with van der Waals surface area (Å²) in [5, 5.41) is 2.93. The van der Waals surface area contributed by atoms with Gasteiger partial charge in [0.1, 0.15) is 11.5 Å². The number of amides is 3. The molecule has 2 atom stereocenters.